The van der Waals surface area contributed by atoms with Crippen LogP contribution in [0.3, 0.4) is 0 Å². The molecule has 122 valence electrons. The van der Waals surface area contributed by atoms with E-state index in [1.165, 1.54) is 0 Å². The molecule has 1 aliphatic heterocycles. The summed E-state index contributed by atoms with van der Waals surface area (Å²) in [5, 5.41) is 3.05. The van der Waals surface area contributed by atoms with Crippen LogP contribution in [-0.4, -0.2) is 30.9 Å². The van der Waals surface area contributed by atoms with Crippen molar-refractivity contribution in [1.29, 1.82) is 0 Å². The summed E-state index contributed by atoms with van der Waals surface area (Å²) in [5.41, 5.74) is 1.12. The summed E-state index contributed by atoms with van der Waals surface area (Å²) in [6.07, 6.45) is 1.95. The van der Waals surface area contributed by atoms with E-state index in [-0.39, 0.29) is 11.9 Å². The third-order valence-corrected chi connectivity index (χ3v) is 5.27. The minimum absolute atomic E-state index is 0.104. The van der Waals surface area contributed by atoms with Crippen LogP contribution in [0.1, 0.15) is 32.3 Å². The van der Waals surface area contributed by atoms with Crippen molar-refractivity contribution in [3.05, 3.63) is 22.2 Å². The van der Waals surface area contributed by atoms with Crippen LogP contribution in [0.25, 0.3) is 0 Å². The Labute approximate surface area is 144 Å². The van der Waals surface area contributed by atoms with E-state index < -0.39 is 0 Å². The number of carbonyl (C=O) groups excluding carboxylic acids is 1. The number of hydrogen-bond donors (Lipinski definition) is 1. The molecule has 1 aliphatic rings. The maximum Gasteiger partial charge on any atom is 0.230 e. The normalized spacial score (nSPS) is 13.3. The molecule has 0 atom stereocenters. The number of halogens is 1. The van der Waals surface area contributed by atoms with Crippen molar-refractivity contribution < 1.29 is 14.3 Å². The zero-order valence-corrected chi connectivity index (χ0v) is 15.4. The second-order valence-corrected chi connectivity index (χ2v) is 7.00. The van der Waals surface area contributed by atoms with E-state index in [9.17, 15) is 4.79 Å². The second kappa shape index (κ2) is 8.67. The van der Waals surface area contributed by atoms with Crippen molar-refractivity contribution in [3.8, 4) is 11.5 Å². The van der Waals surface area contributed by atoms with Crippen molar-refractivity contribution in [2.75, 3.05) is 19.0 Å². The molecule has 0 saturated carbocycles. The number of nitrogens with one attached hydrogen (secondary N) is 1. The first-order chi connectivity index (χ1) is 10.6. The van der Waals surface area contributed by atoms with Gasteiger partial charge in [-0.25, -0.2) is 0 Å². The van der Waals surface area contributed by atoms with Gasteiger partial charge in [0.15, 0.2) is 11.5 Å². The van der Waals surface area contributed by atoms with Crippen LogP contribution in [0.5, 0.6) is 11.5 Å². The highest BCUT2D eigenvalue weighted by Gasteiger charge is 2.15. The molecular formula is C16H22BrNO3S. The molecule has 6 heteroatoms. The van der Waals surface area contributed by atoms with Crippen LogP contribution >= 0.6 is 27.7 Å². The van der Waals surface area contributed by atoms with Crippen LogP contribution in [0, 0.1) is 0 Å². The van der Waals surface area contributed by atoms with Gasteiger partial charge in [0.25, 0.3) is 0 Å². The van der Waals surface area contributed by atoms with Gasteiger partial charge in [0.05, 0.1) is 5.75 Å². The van der Waals surface area contributed by atoms with Crippen molar-refractivity contribution in [2.45, 2.75) is 38.5 Å². The lowest BCUT2D eigenvalue weighted by Gasteiger charge is -2.20. The lowest BCUT2D eigenvalue weighted by molar-refractivity contribution is -0.119. The number of rotatable bonds is 7. The summed E-state index contributed by atoms with van der Waals surface area (Å²) in [4.78, 5) is 11.9. The van der Waals surface area contributed by atoms with E-state index >= 15 is 0 Å². The Hall–Kier alpha value is -0.880. The zero-order chi connectivity index (χ0) is 15.9. The van der Waals surface area contributed by atoms with Gasteiger partial charge in [0.2, 0.25) is 5.91 Å². The standard InChI is InChI=1S/C16H22BrNO3S/c1-3-12(4-2)18-16(19)10-22-9-11-7-14-15(8-13(11)17)21-6-5-20-14/h7-8,12H,3-6,9-10H2,1-2H3,(H,18,19). The molecule has 0 fully saturated rings. The van der Waals surface area contributed by atoms with E-state index in [0.717, 1.165) is 40.1 Å². The van der Waals surface area contributed by atoms with Gasteiger partial charge in [0.1, 0.15) is 13.2 Å². The van der Waals surface area contributed by atoms with E-state index in [0.29, 0.717) is 19.0 Å². The van der Waals surface area contributed by atoms with Crippen molar-refractivity contribution in [1.82, 2.24) is 5.32 Å². The number of ether oxygens (including phenoxy) is 2. The Morgan fingerprint density at radius 1 is 1.27 bits per heavy atom. The number of hydrogen-bond acceptors (Lipinski definition) is 4. The summed E-state index contributed by atoms with van der Waals surface area (Å²) in [7, 11) is 0. The number of amides is 1. The van der Waals surface area contributed by atoms with Crippen LogP contribution in [0.4, 0.5) is 0 Å². The minimum Gasteiger partial charge on any atom is -0.486 e. The molecule has 0 saturated heterocycles. The van der Waals surface area contributed by atoms with Crippen LogP contribution in [0.15, 0.2) is 16.6 Å². The Morgan fingerprint density at radius 3 is 2.55 bits per heavy atom. The predicted octanol–water partition coefficient (Wildman–Crippen LogP) is 3.76. The first-order valence-corrected chi connectivity index (χ1v) is 9.53. The van der Waals surface area contributed by atoms with E-state index in [2.05, 4.69) is 35.1 Å². The number of thioether (sulfide) groups is 1. The number of fused-ring (bicyclic) bond motifs is 1. The highest BCUT2D eigenvalue weighted by atomic mass is 79.9. The van der Waals surface area contributed by atoms with Crippen LogP contribution < -0.4 is 14.8 Å². The van der Waals surface area contributed by atoms with Crippen molar-refractivity contribution in [3.63, 3.8) is 0 Å². The predicted molar refractivity (Wildman–Crippen MR) is 93.8 cm³/mol. The molecule has 1 aromatic rings. The average Bonchev–Trinajstić information content (AvgIpc) is 2.53. The van der Waals surface area contributed by atoms with Gasteiger partial charge in [0, 0.05) is 16.3 Å². The first-order valence-electron chi connectivity index (χ1n) is 7.59. The molecule has 1 N–H and O–H groups in total. The van der Waals surface area contributed by atoms with Crippen LogP contribution in [0.2, 0.25) is 0 Å². The molecule has 0 spiro atoms. The monoisotopic (exact) mass is 387 g/mol. The second-order valence-electron chi connectivity index (χ2n) is 5.16. The largest absolute Gasteiger partial charge is 0.486 e. The van der Waals surface area contributed by atoms with Gasteiger partial charge in [-0.05, 0) is 30.5 Å². The van der Waals surface area contributed by atoms with Gasteiger partial charge in [-0.2, -0.15) is 0 Å². The Morgan fingerprint density at radius 2 is 1.91 bits per heavy atom. The highest BCUT2D eigenvalue weighted by molar-refractivity contribution is 9.10. The molecule has 1 heterocycles. The summed E-state index contributed by atoms with van der Waals surface area (Å²) in [5.74, 6) is 2.89. The maximum atomic E-state index is 11.9. The number of benzene rings is 1. The molecule has 1 aromatic carbocycles. The Balaban J connectivity index is 1.85. The SMILES string of the molecule is CCC(CC)NC(=O)CSCc1cc2c(cc1Br)OCCO2. The fourth-order valence-corrected chi connectivity index (χ4v) is 3.71. The van der Waals surface area contributed by atoms with Gasteiger partial charge < -0.3 is 14.8 Å². The van der Waals surface area contributed by atoms with Gasteiger partial charge in [-0.3, -0.25) is 4.79 Å². The quantitative estimate of drug-likeness (QED) is 0.773. The van der Waals surface area contributed by atoms with E-state index in [1.54, 1.807) is 11.8 Å². The van der Waals surface area contributed by atoms with Crippen molar-refractivity contribution in [2.24, 2.45) is 0 Å². The lowest BCUT2D eigenvalue weighted by atomic mass is 10.2. The van der Waals surface area contributed by atoms with Crippen molar-refractivity contribution >= 4 is 33.6 Å². The highest BCUT2D eigenvalue weighted by Crippen LogP contribution is 2.36. The lowest BCUT2D eigenvalue weighted by Crippen LogP contribution is -2.35. The Kier molecular flexibility index (Phi) is 6.89. The fraction of sp³-hybridized carbons (Fsp3) is 0.562. The zero-order valence-electron chi connectivity index (χ0n) is 13.0. The molecule has 0 aliphatic carbocycles. The molecule has 0 radical (unpaired) electrons. The van der Waals surface area contributed by atoms with E-state index in [4.69, 9.17) is 9.47 Å². The fourth-order valence-electron chi connectivity index (χ4n) is 2.23. The van der Waals surface area contributed by atoms with Crippen LogP contribution in [-0.2, 0) is 10.5 Å². The number of carbonyl (C=O) groups is 1. The molecule has 0 unspecified atom stereocenters. The topological polar surface area (TPSA) is 47.6 Å². The molecule has 0 bridgehead atoms. The molecule has 0 aromatic heterocycles. The summed E-state index contributed by atoms with van der Waals surface area (Å²) in [6, 6.07) is 4.22. The minimum atomic E-state index is 0.104. The molecule has 4 nitrogen and oxygen atoms in total. The third-order valence-electron chi connectivity index (χ3n) is 3.55. The van der Waals surface area contributed by atoms with Gasteiger partial charge in [-0.1, -0.05) is 29.8 Å². The van der Waals surface area contributed by atoms with Gasteiger partial charge in [-0.15, -0.1) is 11.8 Å². The third kappa shape index (κ3) is 4.81. The molecule has 1 amide bonds. The maximum absolute atomic E-state index is 11.9. The van der Waals surface area contributed by atoms with Gasteiger partial charge >= 0.3 is 0 Å². The summed E-state index contributed by atoms with van der Waals surface area (Å²) in [6.45, 7) is 5.35. The molecule has 2 rings (SSSR count). The average molecular weight is 388 g/mol. The summed E-state index contributed by atoms with van der Waals surface area (Å²) < 4.78 is 12.1. The molecular weight excluding hydrogens is 366 g/mol. The Bertz CT molecular complexity index is 520. The first kappa shape index (κ1) is 17.5. The van der Waals surface area contributed by atoms with E-state index in [1.807, 2.05) is 12.1 Å². The smallest absolute Gasteiger partial charge is 0.230 e. The molecule has 22 heavy (non-hydrogen) atoms. The summed E-state index contributed by atoms with van der Waals surface area (Å²) >= 11 is 5.16.